The van der Waals surface area contributed by atoms with Crippen molar-refractivity contribution in [2.75, 3.05) is 11.9 Å². The van der Waals surface area contributed by atoms with E-state index in [1.165, 1.54) is 5.56 Å². The van der Waals surface area contributed by atoms with Crippen molar-refractivity contribution < 1.29 is 9.53 Å². The third-order valence-corrected chi connectivity index (χ3v) is 4.30. The normalized spacial score (nSPS) is 10.5. The lowest BCUT2D eigenvalue weighted by Crippen LogP contribution is -2.22. The van der Waals surface area contributed by atoms with Crippen molar-refractivity contribution in [1.29, 1.82) is 0 Å². The van der Waals surface area contributed by atoms with Crippen LogP contribution in [0.25, 0.3) is 0 Å². The number of nitrogens with zero attached hydrogens (tertiary/aromatic N) is 2. The molecule has 1 N–H and O–H groups in total. The lowest BCUT2D eigenvalue weighted by atomic mass is 10.1. The Bertz CT molecular complexity index is 859. The first kappa shape index (κ1) is 17.5. The molecule has 3 aromatic rings. The Morgan fingerprint density at radius 3 is 2.76 bits per heavy atom. The monoisotopic (exact) mass is 447 g/mol. The first-order valence-corrected chi connectivity index (χ1v) is 8.93. The summed E-state index contributed by atoms with van der Waals surface area (Å²) in [5.74, 6) is 1.10. The minimum atomic E-state index is -0.218. The molecule has 0 aliphatic carbocycles. The molecule has 128 valence electrons. The maximum atomic E-state index is 12.1. The van der Waals surface area contributed by atoms with Gasteiger partial charge in [0.25, 0.3) is 5.91 Å². The Labute approximate surface area is 160 Å². The largest absolute Gasteiger partial charge is 0.484 e. The Balaban J connectivity index is 1.58. The zero-order valence-corrected chi connectivity index (χ0v) is 15.9. The predicted molar refractivity (Wildman–Crippen MR) is 106 cm³/mol. The SMILES string of the molecule is Cc1cccc(Cn2nccc2NC(=O)COc2ccc(I)cc2)c1. The third-order valence-electron chi connectivity index (χ3n) is 3.58. The van der Waals surface area contributed by atoms with E-state index in [1.807, 2.05) is 36.4 Å². The number of hydrogen-bond donors (Lipinski definition) is 1. The predicted octanol–water partition coefficient (Wildman–Crippen LogP) is 3.86. The van der Waals surface area contributed by atoms with Crippen molar-refractivity contribution in [2.24, 2.45) is 0 Å². The van der Waals surface area contributed by atoms with Crippen LogP contribution >= 0.6 is 22.6 Å². The standard InChI is InChI=1S/C19H18IN3O2/c1-14-3-2-4-15(11-14)12-23-18(9-10-21-23)22-19(24)13-25-17-7-5-16(20)6-8-17/h2-11H,12-13H2,1H3,(H,22,24). The molecule has 1 amide bonds. The van der Waals surface area contributed by atoms with Gasteiger partial charge in [-0.15, -0.1) is 0 Å². The number of nitrogens with one attached hydrogen (secondary N) is 1. The van der Waals surface area contributed by atoms with Crippen LogP contribution in [0.4, 0.5) is 5.82 Å². The molecule has 0 fully saturated rings. The van der Waals surface area contributed by atoms with Gasteiger partial charge >= 0.3 is 0 Å². The minimum absolute atomic E-state index is 0.0454. The number of carbonyl (C=O) groups excluding carboxylic acids is 1. The van der Waals surface area contributed by atoms with E-state index >= 15 is 0 Å². The number of halogens is 1. The van der Waals surface area contributed by atoms with Crippen molar-refractivity contribution >= 4 is 34.3 Å². The minimum Gasteiger partial charge on any atom is -0.484 e. The molecule has 0 saturated heterocycles. The van der Waals surface area contributed by atoms with E-state index in [4.69, 9.17) is 4.74 Å². The van der Waals surface area contributed by atoms with Gasteiger partial charge < -0.3 is 10.1 Å². The van der Waals surface area contributed by atoms with Crippen LogP contribution in [0.1, 0.15) is 11.1 Å². The molecule has 0 unspecified atom stereocenters. The number of carbonyl (C=O) groups is 1. The Morgan fingerprint density at radius 1 is 1.20 bits per heavy atom. The molecule has 0 radical (unpaired) electrons. The fourth-order valence-corrected chi connectivity index (χ4v) is 2.77. The highest BCUT2D eigenvalue weighted by atomic mass is 127. The van der Waals surface area contributed by atoms with Crippen molar-refractivity contribution in [2.45, 2.75) is 13.5 Å². The quantitative estimate of drug-likeness (QED) is 0.584. The second-order valence-corrected chi connectivity index (χ2v) is 6.90. The zero-order chi connectivity index (χ0) is 17.6. The molecule has 0 aliphatic heterocycles. The van der Waals surface area contributed by atoms with E-state index in [0.717, 1.165) is 9.13 Å². The second kappa shape index (κ2) is 8.15. The van der Waals surface area contributed by atoms with Gasteiger partial charge in [0.2, 0.25) is 0 Å². The maximum absolute atomic E-state index is 12.1. The van der Waals surface area contributed by atoms with Crippen LogP contribution in [-0.4, -0.2) is 22.3 Å². The van der Waals surface area contributed by atoms with Gasteiger partial charge in [-0.2, -0.15) is 5.10 Å². The van der Waals surface area contributed by atoms with Gasteiger partial charge in [-0.05, 0) is 59.3 Å². The molecule has 1 aromatic heterocycles. The summed E-state index contributed by atoms with van der Waals surface area (Å²) in [5, 5.41) is 7.12. The van der Waals surface area contributed by atoms with E-state index < -0.39 is 0 Å². The van der Waals surface area contributed by atoms with Gasteiger partial charge in [0.05, 0.1) is 12.7 Å². The lowest BCUT2D eigenvalue weighted by molar-refractivity contribution is -0.118. The Hall–Kier alpha value is -2.35. The van der Waals surface area contributed by atoms with Crippen LogP contribution in [0.5, 0.6) is 5.75 Å². The van der Waals surface area contributed by atoms with Crippen LogP contribution in [0.2, 0.25) is 0 Å². The molecule has 6 heteroatoms. The first-order valence-electron chi connectivity index (χ1n) is 7.86. The molecule has 0 saturated carbocycles. The Morgan fingerprint density at radius 2 is 2.00 bits per heavy atom. The molecule has 3 rings (SSSR count). The van der Waals surface area contributed by atoms with Gasteiger partial charge in [0.15, 0.2) is 6.61 Å². The molecule has 25 heavy (non-hydrogen) atoms. The van der Waals surface area contributed by atoms with E-state index in [1.54, 1.807) is 16.9 Å². The summed E-state index contributed by atoms with van der Waals surface area (Å²) < 4.78 is 8.38. The van der Waals surface area contributed by atoms with E-state index in [0.29, 0.717) is 18.1 Å². The molecule has 2 aromatic carbocycles. The maximum Gasteiger partial charge on any atom is 0.263 e. The molecule has 0 spiro atoms. The number of anilines is 1. The Kier molecular flexibility index (Phi) is 5.70. The lowest BCUT2D eigenvalue weighted by Gasteiger charge is -2.10. The van der Waals surface area contributed by atoms with E-state index in [2.05, 4.69) is 52.1 Å². The number of aromatic nitrogens is 2. The fourth-order valence-electron chi connectivity index (χ4n) is 2.41. The number of benzene rings is 2. The number of rotatable bonds is 6. The average Bonchev–Trinajstić information content (AvgIpc) is 3.01. The summed E-state index contributed by atoms with van der Waals surface area (Å²) in [5.41, 5.74) is 2.33. The number of aryl methyl sites for hydroxylation is 1. The molecular weight excluding hydrogens is 429 g/mol. The summed E-state index contributed by atoms with van der Waals surface area (Å²) >= 11 is 2.22. The summed E-state index contributed by atoms with van der Waals surface area (Å²) in [6, 6.07) is 17.5. The van der Waals surface area contributed by atoms with Gasteiger partial charge in [-0.25, -0.2) is 4.68 Å². The summed E-state index contributed by atoms with van der Waals surface area (Å²) in [4.78, 5) is 12.1. The molecule has 0 bridgehead atoms. The smallest absolute Gasteiger partial charge is 0.263 e. The summed E-state index contributed by atoms with van der Waals surface area (Å²) in [7, 11) is 0. The van der Waals surface area contributed by atoms with Crippen molar-refractivity contribution in [3.63, 3.8) is 0 Å². The molecule has 0 atom stereocenters. The van der Waals surface area contributed by atoms with Crippen LogP contribution in [-0.2, 0) is 11.3 Å². The van der Waals surface area contributed by atoms with E-state index in [-0.39, 0.29) is 12.5 Å². The van der Waals surface area contributed by atoms with Crippen LogP contribution in [0.15, 0.2) is 60.8 Å². The van der Waals surface area contributed by atoms with Crippen LogP contribution in [0, 0.1) is 10.5 Å². The van der Waals surface area contributed by atoms with Crippen molar-refractivity contribution in [1.82, 2.24) is 9.78 Å². The summed E-state index contributed by atoms with van der Waals surface area (Å²) in [6.45, 7) is 2.61. The highest BCUT2D eigenvalue weighted by molar-refractivity contribution is 14.1. The van der Waals surface area contributed by atoms with Crippen LogP contribution < -0.4 is 10.1 Å². The zero-order valence-electron chi connectivity index (χ0n) is 13.8. The van der Waals surface area contributed by atoms with Crippen molar-refractivity contribution in [3.8, 4) is 5.75 Å². The average molecular weight is 447 g/mol. The molecule has 1 heterocycles. The van der Waals surface area contributed by atoms with E-state index in [9.17, 15) is 4.79 Å². The second-order valence-electron chi connectivity index (χ2n) is 5.65. The number of amides is 1. The molecule has 5 nitrogen and oxygen atoms in total. The van der Waals surface area contributed by atoms with Crippen LogP contribution in [0.3, 0.4) is 0 Å². The summed E-state index contributed by atoms with van der Waals surface area (Å²) in [6.07, 6.45) is 1.67. The first-order chi connectivity index (χ1) is 12.1. The third kappa shape index (κ3) is 5.06. The highest BCUT2D eigenvalue weighted by Gasteiger charge is 2.09. The topological polar surface area (TPSA) is 56.2 Å². The number of ether oxygens (including phenoxy) is 1. The molecule has 0 aliphatic rings. The van der Waals surface area contributed by atoms with Gasteiger partial charge in [-0.3, -0.25) is 4.79 Å². The van der Waals surface area contributed by atoms with Gasteiger partial charge in [0, 0.05) is 9.64 Å². The van der Waals surface area contributed by atoms with Gasteiger partial charge in [0.1, 0.15) is 11.6 Å². The highest BCUT2D eigenvalue weighted by Crippen LogP contribution is 2.14. The molecular formula is C19H18IN3O2. The van der Waals surface area contributed by atoms with Crippen molar-refractivity contribution in [3.05, 3.63) is 75.5 Å². The van der Waals surface area contributed by atoms with Gasteiger partial charge in [-0.1, -0.05) is 29.8 Å². The number of hydrogen-bond acceptors (Lipinski definition) is 3. The fraction of sp³-hybridized carbons (Fsp3) is 0.158.